The third-order valence-corrected chi connectivity index (χ3v) is 7.84. The van der Waals surface area contributed by atoms with Gasteiger partial charge in [-0.15, -0.1) is 0 Å². The number of carboxylic acids is 1. The van der Waals surface area contributed by atoms with Gasteiger partial charge in [-0.3, -0.25) is 4.72 Å². The highest BCUT2D eigenvalue weighted by Crippen LogP contribution is 2.29. The van der Waals surface area contributed by atoms with E-state index in [0.29, 0.717) is 29.8 Å². The average Bonchev–Trinajstić information content (AvgIpc) is 2.92. The van der Waals surface area contributed by atoms with Crippen molar-refractivity contribution in [3.8, 4) is 5.75 Å². The largest absolute Gasteiger partial charge is 0.497 e. The Morgan fingerprint density at radius 1 is 0.947 bits per heavy atom. The van der Waals surface area contributed by atoms with E-state index in [2.05, 4.69) is 14.6 Å². The molecule has 1 aliphatic rings. The number of aromatic carboxylic acids is 1. The number of nitrogens with zero attached hydrogens (tertiary/aromatic N) is 3. The fraction of sp³-hybridized carbons (Fsp3) is 0.185. The second kappa shape index (κ2) is 10.2. The van der Waals surface area contributed by atoms with Crippen molar-refractivity contribution in [2.24, 2.45) is 0 Å². The Labute approximate surface area is 219 Å². The SMILES string of the molecule is COc1ccc(N2CCN(c3cc(C(=O)O)c4cc(NS(=O)(=O)c5ccc(F)cc5)ccc4n3)CC2)cc1. The summed E-state index contributed by atoms with van der Waals surface area (Å²) in [4.78, 5) is 21.0. The molecule has 0 radical (unpaired) electrons. The second-order valence-corrected chi connectivity index (χ2v) is 10.5. The highest BCUT2D eigenvalue weighted by Gasteiger charge is 2.22. The molecule has 3 aromatic carbocycles. The number of fused-ring (bicyclic) bond motifs is 1. The summed E-state index contributed by atoms with van der Waals surface area (Å²) >= 11 is 0. The van der Waals surface area contributed by atoms with Crippen LogP contribution in [0, 0.1) is 5.82 Å². The van der Waals surface area contributed by atoms with Crippen molar-refractivity contribution in [2.75, 3.05) is 47.8 Å². The Morgan fingerprint density at radius 3 is 2.24 bits per heavy atom. The molecule has 2 heterocycles. The number of rotatable bonds is 7. The minimum atomic E-state index is -3.99. The number of pyridine rings is 1. The number of carboxylic acid groups (broad SMARTS) is 1. The fourth-order valence-electron chi connectivity index (χ4n) is 4.43. The summed E-state index contributed by atoms with van der Waals surface area (Å²) in [5.41, 5.74) is 1.71. The van der Waals surface area contributed by atoms with Crippen LogP contribution in [0.3, 0.4) is 0 Å². The molecule has 0 amide bonds. The number of anilines is 3. The van der Waals surface area contributed by atoms with Gasteiger partial charge in [0.2, 0.25) is 0 Å². The number of hydrogen-bond donors (Lipinski definition) is 2. The van der Waals surface area contributed by atoms with Crippen LogP contribution in [-0.2, 0) is 10.0 Å². The van der Waals surface area contributed by atoms with Gasteiger partial charge in [0.25, 0.3) is 10.0 Å². The number of nitrogens with one attached hydrogen (secondary N) is 1. The number of hydrogen-bond acceptors (Lipinski definition) is 7. The van der Waals surface area contributed by atoms with E-state index >= 15 is 0 Å². The van der Waals surface area contributed by atoms with Crippen molar-refractivity contribution >= 4 is 44.1 Å². The first-order valence-electron chi connectivity index (χ1n) is 11.8. The Bertz CT molecular complexity index is 1590. The molecule has 1 saturated heterocycles. The maximum absolute atomic E-state index is 13.2. The van der Waals surface area contributed by atoms with Crippen molar-refractivity contribution < 1.29 is 27.4 Å². The lowest BCUT2D eigenvalue weighted by atomic mass is 10.1. The van der Waals surface area contributed by atoms with Crippen LogP contribution in [-0.4, -0.2) is 57.8 Å². The lowest BCUT2D eigenvalue weighted by molar-refractivity contribution is 0.0699. The molecule has 0 unspecified atom stereocenters. The van der Waals surface area contributed by atoms with Crippen LogP contribution in [0.5, 0.6) is 5.75 Å². The average molecular weight is 537 g/mol. The van der Waals surface area contributed by atoms with Crippen molar-refractivity contribution in [1.29, 1.82) is 0 Å². The molecule has 11 heteroatoms. The van der Waals surface area contributed by atoms with Gasteiger partial charge in [0, 0.05) is 42.9 Å². The van der Waals surface area contributed by atoms with E-state index in [9.17, 15) is 22.7 Å². The normalized spacial score (nSPS) is 13.9. The maximum atomic E-state index is 13.2. The Morgan fingerprint density at radius 2 is 1.61 bits per heavy atom. The van der Waals surface area contributed by atoms with E-state index in [0.717, 1.165) is 48.8 Å². The van der Waals surface area contributed by atoms with Gasteiger partial charge in [-0.2, -0.15) is 0 Å². The number of methoxy groups -OCH3 is 1. The lowest BCUT2D eigenvalue weighted by Crippen LogP contribution is -2.46. The van der Waals surface area contributed by atoms with Crippen LogP contribution >= 0.6 is 0 Å². The third kappa shape index (κ3) is 5.18. The molecule has 196 valence electrons. The maximum Gasteiger partial charge on any atom is 0.336 e. The van der Waals surface area contributed by atoms with Crippen LogP contribution in [0.15, 0.2) is 77.7 Å². The summed E-state index contributed by atoms with van der Waals surface area (Å²) in [6.45, 7) is 2.77. The van der Waals surface area contributed by atoms with Gasteiger partial charge in [0.15, 0.2) is 0 Å². The van der Waals surface area contributed by atoms with E-state index in [1.807, 2.05) is 29.2 Å². The molecular formula is C27H25FN4O5S. The van der Waals surface area contributed by atoms with E-state index in [1.165, 1.54) is 18.2 Å². The summed E-state index contributed by atoms with van der Waals surface area (Å²) in [6, 6.07) is 18.3. The highest BCUT2D eigenvalue weighted by molar-refractivity contribution is 7.92. The van der Waals surface area contributed by atoms with Crippen molar-refractivity contribution in [3.05, 3.63) is 84.2 Å². The number of benzene rings is 3. The molecule has 0 bridgehead atoms. The predicted molar refractivity (Wildman–Crippen MR) is 143 cm³/mol. The molecule has 0 saturated carbocycles. The van der Waals surface area contributed by atoms with Gasteiger partial charge in [-0.05, 0) is 72.8 Å². The first kappa shape index (κ1) is 25.3. The molecule has 1 aromatic heterocycles. The molecule has 2 N–H and O–H groups in total. The minimum Gasteiger partial charge on any atom is -0.497 e. The first-order valence-corrected chi connectivity index (χ1v) is 13.3. The van der Waals surface area contributed by atoms with Crippen LogP contribution in [0.4, 0.5) is 21.6 Å². The predicted octanol–water partition coefficient (Wildman–Crippen LogP) is 4.21. The second-order valence-electron chi connectivity index (χ2n) is 8.80. The van der Waals surface area contributed by atoms with Gasteiger partial charge >= 0.3 is 5.97 Å². The Balaban J connectivity index is 1.38. The zero-order valence-corrected chi connectivity index (χ0v) is 21.3. The Hall–Kier alpha value is -4.38. The standard InChI is InChI=1S/C27H25FN4O5S/c1-37-21-7-5-20(6-8-21)31-12-14-32(15-13-31)26-17-24(27(33)34)23-16-19(4-11-25(23)29-26)30-38(35,36)22-9-2-18(28)3-10-22/h2-11,16-17,30H,12-15H2,1H3,(H,33,34). The summed E-state index contributed by atoms with van der Waals surface area (Å²) in [5, 5.41) is 10.2. The summed E-state index contributed by atoms with van der Waals surface area (Å²) in [6.07, 6.45) is 0. The van der Waals surface area contributed by atoms with Crippen molar-refractivity contribution in [3.63, 3.8) is 0 Å². The topological polar surface area (TPSA) is 112 Å². The molecule has 9 nitrogen and oxygen atoms in total. The zero-order valence-electron chi connectivity index (χ0n) is 20.5. The van der Waals surface area contributed by atoms with E-state index < -0.39 is 21.8 Å². The fourth-order valence-corrected chi connectivity index (χ4v) is 5.48. The summed E-state index contributed by atoms with van der Waals surface area (Å²) in [5.74, 6) is -0.358. The lowest BCUT2D eigenvalue weighted by Gasteiger charge is -2.37. The quantitative estimate of drug-likeness (QED) is 0.361. The number of piperazine rings is 1. The summed E-state index contributed by atoms with van der Waals surface area (Å²) < 4.78 is 46.3. The Kier molecular flexibility index (Phi) is 6.77. The van der Waals surface area contributed by atoms with Crippen LogP contribution in [0.2, 0.25) is 0 Å². The van der Waals surface area contributed by atoms with Crippen LogP contribution in [0.1, 0.15) is 10.4 Å². The monoisotopic (exact) mass is 536 g/mol. The van der Waals surface area contributed by atoms with E-state index in [1.54, 1.807) is 13.2 Å². The third-order valence-electron chi connectivity index (χ3n) is 6.44. The molecule has 0 spiro atoms. The van der Waals surface area contributed by atoms with E-state index in [4.69, 9.17) is 4.74 Å². The molecular weight excluding hydrogens is 511 g/mol. The molecule has 1 aliphatic heterocycles. The van der Waals surface area contributed by atoms with Gasteiger partial charge in [0.1, 0.15) is 17.4 Å². The number of ether oxygens (including phenoxy) is 1. The number of aromatic nitrogens is 1. The minimum absolute atomic E-state index is 0.0189. The van der Waals surface area contributed by atoms with Crippen LogP contribution < -0.4 is 19.3 Å². The molecule has 4 aromatic rings. The first-order chi connectivity index (χ1) is 18.2. The van der Waals surface area contributed by atoms with Gasteiger partial charge in [-0.1, -0.05) is 0 Å². The van der Waals surface area contributed by atoms with Crippen LogP contribution in [0.25, 0.3) is 10.9 Å². The van der Waals surface area contributed by atoms with Crippen molar-refractivity contribution in [2.45, 2.75) is 4.90 Å². The molecule has 1 fully saturated rings. The van der Waals surface area contributed by atoms with Gasteiger partial charge in [0.05, 0.1) is 23.1 Å². The number of sulfonamides is 1. The number of carbonyl (C=O) groups is 1. The highest BCUT2D eigenvalue weighted by atomic mass is 32.2. The van der Waals surface area contributed by atoms with Gasteiger partial charge in [-0.25, -0.2) is 22.6 Å². The molecule has 38 heavy (non-hydrogen) atoms. The smallest absolute Gasteiger partial charge is 0.336 e. The molecule has 5 rings (SSSR count). The zero-order chi connectivity index (χ0) is 26.9. The summed E-state index contributed by atoms with van der Waals surface area (Å²) in [7, 11) is -2.37. The molecule has 0 aliphatic carbocycles. The van der Waals surface area contributed by atoms with Gasteiger partial charge < -0.3 is 19.6 Å². The van der Waals surface area contributed by atoms with E-state index in [-0.39, 0.29) is 16.1 Å². The molecule has 0 atom stereocenters. The number of halogens is 1. The van der Waals surface area contributed by atoms with Crippen molar-refractivity contribution in [1.82, 2.24) is 4.98 Å².